The van der Waals surface area contributed by atoms with Crippen LogP contribution in [0.4, 0.5) is 27.6 Å². The van der Waals surface area contributed by atoms with Crippen LogP contribution in [0.1, 0.15) is 36.8 Å². The van der Waals surface area contributed by atoms with Crippen molar-refractivity contribution in [3.8, 4) is 0 Å². The fourth-order valence-electron chi connectivity index (χ4n) is 6.34. The fraction of sp³-hybridized carbons (Fsp3) is 0.484. The number of hydrogen-bond acceptors (Lipinski definition) is 7. The number of halogens is 5. The van der Waals surface area contributed by atoms with Crippen molar-refractivity contribution in [2.45, 2.75) is 54.8 Å². The second kappa shape index (κ2) is 14.0. The van der Waals surface area contributed by atoms with Crippen molar-refractivity contribution in [3.63, 3.8) is 0 Å². The van der Waals surface area contributed by atoms with E-state index in [2.05, 4.69) is 26.5 Å². The van der Waals surface area contributed by atoms with Crippen molar-refractivity contribution in [1.82, 2.24) is 14.5 Å². The second-order valence-corrected chi connectivity index (χ2v) is 13.3. The molecule has 4 rings (SSSR count). The smallest absolute Gasteiger partial charge is 0.370 e. The first-order valence-electron chi connectivity index (χ1n) is 14.6. The van der Waals surface area contributed by atoms with Crippen LogP contribution in [-0.2, 0) is 22.6 Å². The molecule has 2 atom stereocenters. The number of rotatable bonds is 11. The van der Waals surface area contributed by atoms with Crippen LogP contribution in [0.25, 0.3) is 0 Å². The Hall–Kier alpha value is -3.36. The predicted octanol–water partition coefficient (Wildman–Crippen LogP) is 5.11. The van der Waals surface area contributed by atoms with Crippen LogP contribution in [0.2, 0.25) is 0 Å². The minimum atomic E-state index is -4.69. The average Bonchev–Trinajstić information content (AvgIpc) is 3.43. The number of alkyl halides is 3. The van der Waals surface area contributed by atoms with Crippen LogP contribution in [-0.4, -0.2) is 90.1 Å². The Balaban J connectivity index is 1.64. The van der Waals surface area contributed by atoms with Crippen molar-refractivity contribution in [3.05, 3.63) is 71.1 Å². The molecule has 2 fully saturated rings. The molecular weight excluding hydrogens is 615 g/mol. The average molecular weight is 655 g/mol. The Bertz CT molecular complexity index is 1520. The minimum absolute atomic E-state index is 0.180. The number of aliphatic imine (C=N–C) groups is 2. The molecule has 2 heterocycles. The summed E-state index contributed by atoms with van der Waals surface area (Å²) in [6, 6.07) is 7.52. The topological polar surface area (TPSA) is 80.6 Å². The van der Waals surface area contributed by atoms with Crippen LogP contribution in [0.5, 0.6) is 0 Å². The summed E-state index contributed by atoms with van der Waals surface area (Å²) in [6.45, 7) is 5.82. The third kappa shape index (κ3) is 8.08. The highest BCUT2D eigenvalue weighted by atomic mass is 32.2. The number of allylic oxidation sites excluding steroid dienone is 1. The molecule has 8 nitrogen and oxygen atoms in total. The van der Waals surface area contributed by atoms with Gasteiger partial charge in [0, 0.05) is 50.2 Å². The molecule has 0 unspecified atom stereocenters. The number of likely N-dealkylation sites (tertiary alicyclic amines) is 1. The van der Waals surface area contributed by atoms with Gasteiger partial charge in [-0.1, -0.05) is 18.2 Å². The summed E-state index contributed by atoms with van der Waals surface area (Å²) in [7, 11) is 0.814. The molecule has 1 N–H and O–H groups in total. The number of piperidine rings is 1. The van der Waals surface area contributed by atoms with Crippen molar-refractivity contribution in [2.24, 2.45) is 9.98 Å². The fourth-order valence-corrected chi connectivity index (χ4v) is 7.48. The molecule has 0 saturated carbocycles. The summed E-state index contributed by atoms with van der Waals surface area (Å²) in [5.74, 6) is -2.79. The Morgan fingerprint density at radius 2 is 1.91 bits per heavy atom. The zero-order valence-corrected chi connectivity index (χ0v) is 26.4. The van der Waals surface area contributed by atoms with E-state index in [-0.39, 0.29) is 17.6 Å². The van der Waals surface area contributed by atoms with Gasteiger partial charge >= 0.3 is 6.18 Å². The van der Waals surface area contributed by atoms with Crippen molar-refractivity contribution in [1.29, 1.82) is 0 Å². The van der Waals surface area contributed by atoms with Gasteiger partial charge in [-0.15, -0.1) is 0 Å². The Kier molecular flexibility index (Phi) is 10.7. The molecule has 2 aliphatic heterocycles. The van der Waals surface area contributed by atoms with Gasteiger partial charge in [0.15, 0.2) is 4.90 Å². The minimum Gasteiger partial charge on any atom is -0.370 e. The van der Waals surface area contributed by atoms with Gasteiger partial charge in [-0.25, -0.2) is 22.2 Å². The van der Waals surface area contributed by atoms with E-state index >= 15 is 8.78 Å². The van der Waals surface area contributed by atoms with Crippen molar-refractivity contribution >= 4 is 28.6 Å². The predicted molar refractivity (Wildman–Crippen MR) is 166 cm³/mol. The molecule has 0 aromatic heterocycles. The number of nitrogens with one attached hydrogen (secondary N) is 1. The molecule has 14 heteroatoms. The number of benzene rings is 2. The van der Waals surface area contributed by atoms with E-state index in [1.165, 1.54) is 31.5 Å². The first kappa shape index (κ1) is 34.5. The lowest BCUT2D eigenvalue weighted by molar-refractivity contribution is -0.137. The lowest BCUT2D eigenvalue weighted by atomic mass is 9.80. The molecule has 2 aliphatic rings. The third-order valence-electron chi connectivity index (χ3n) is 8.76. The molecule has 2 aromatic carbocycles. The highest BCUT2D eigenvalue weighted by molar-refractivity contribution is 7.89. The first-order valence-corrected chi connectivity index (χ1v) is 16.1. The summed E-state index contributed by atoms with van der Waals surface area (Å²) < 4.78 is 98.9. The highest BCUT2D eigenvalue weighted by Crippen LogP contribution is 2.38. The summed E-state index contributed by atoms with van der Waals surface area (Å²) >= 11 is 0. The lowest BCUT2D eigenvalue weighted by Crippen LogP contribution is -2.61. The highest BCUT2D eigenvalue weighted by Gasteiger charge is 2.43. The Morgan fingerprint density at radius 3 is 2.51 bits per heavy atom. The molecule has 2 saturated heterocycles. The van der Waals surface area contributed by atoms with E-state index in [0.29, 0.717) is 37.9 Å². The SMILES string of the molecule is C=N/C(=C\C=NC)NS(=O)(=O)c1c(F)cc(N2CCC[C@](CCc3cccc(C(F)(F)F)c3)(N(C)[C@@H]3CCN(C)C3)C2)cc1F. The monoisotopic (exact) mass is 654 g/mol. The maximum atomic E-state index is 15.4. The van der Waals surface area contributed by atoms with Gasteiger partial charge in [-0.05, 0) is 89.3 Å². The number of nitrogens with zero attached hydrogens (tertiary/aromatic N) is 5. The molecule has 45 heavy (non-hydrogen) atoms. The molecule has 246 valence electrons. The van der Waals surface area contributed by atoms with Crippen LogP contribution < -0.4 is 9.62 Å². The normalized spacial score (nSPS) is 22.0. The van der Waals surface area contributed by atoms with E-state index in [1.54, 1.807) is 6.07 Å². The number of sulfonamides is 1. The van der Waals surface area contributed by atoms with E-state index in [4.69, 9.17) is 0 Å². The first-order chi connectivity index (χ1) is 21.2. The Labute approximate surface area is 261 Å². The van der Waals surface area contributed by atoms with Gasteiger partial charge in [-0.3, -0.25) is 14.6 Å². The molecule has 0 amide bonds. The number of aryl methyl sites for hydroxylation is 1. The van der Waals surface area contributed by atoms with Crippen LogP contribution in [0.3, 0.4) is 0 Å². The van der Waals surface area contributed by atoms with Crippen LogP contribution in [0.15, 0.2) is 63.2 Å². The maximum Gasteiger partial charge on any atom is 0.416 e. The summed E-state index contributed by atoms with van der Waals surface area (Å²) in [6.07, 6.45) is 1.22. The van der Waals surface area contributed by atoms with Crippen molar-refractivity contribution in [2.75, 3.05) is 52.2 Å². The van der Waals surface area contributed by atoms with Gasteiger partial charge in [0.25, 0.3) is 10.0 Å². The third-order valence-corrected chi connectivity index (χ3v) is 10.2. The number of hydrogen-bond donors (Lipinski definition) is 1. The summed E-state index contributed by atoms with van der Waals surface area (Å²) in [4.78, 5) is 12.4. The van der Waals surface area contributed by atoms with Crippen molar-refractivity contribution < 1.29 is 30.4 Å². The standard InChI is InChI=1S/C31H39F5N6O2S/c1-37-14-10-28(38-2)39-45(43,44)29-26(32)18-25(19-27(29)33)42-15-6-12-30(21-42,41(4)24-11-16-40(3)20-24)13-9-22-7-5-8-23(17-22)31(34,35)36/h5,7-8,10,14,17-19,24,39H,2,6,9,11-13,15-16,20-21H2,1,3-4H3/b28-10+,37-14?/t24-,30-/m1/s1. The molecule has 2 aromatic rings. The second-order valence-electron chi connectivity index (χ2n) is 11.7. The molecule has 0 aliphatic carbocycles. The van der Waals surface area contributed by atoms with Gasteiger partial charge in [0.2, 0.25) is 0 Å². The quantitative estimate of drug-likeness (QED) is 0.269. The molecule has 0 radical (unpaired) electrons. The van der Waals surface area contributed by atoms with Gasteiger partial charge in [0.05, 0.1) is 5.56 Å². The molecular formula is C31H39F5N6O2S. The van der Waals surface area contributed by atoms with E-state index < -0.39 is 43.8 Å². The van der Waals surface area contributed by atoms with E-state index in [0.717, 1.165) is 44.1 Å². The molecule has 0 spiro atoms. The van der Waals surface area contributed by atoms with Gasteiger partial charge in [-0.2, -0.15) is 13.2 Å². The van der Waals surface area contributed by atoms with E-state index in [9.17, 15) is 21.6 Å². The van der Waals surface area contributed by atoms with Gasteiger partial charge in [0.1, 0.15) is 17.5 Å². The maximum absolute atomic E-state index is 15.4. The number of anilines is 1. The lowest BCUT2D eigenvalue weighted by Gasteiger charge is -2.51. The zero-order chi connectivity index (χ0) is 33.0. The van der Waals surface area contributed by atoms with Gasteiger partial charge < -0.3 is 9.80 Å². The number of likely N-dealkylation sites (N-methyl/N-ethyl adjacent to an activating group) is 2. The van der Waals surface area contributed by atoms with E-state index in [1.807, 2.05) is 23.7 Å². The van der Waals surface area contributed by atoms with Crippen LogP contribution in [0, 0.1) is 11.6 Å². The molecule has 0 bridgehead atoms. The zero-order valence-electron chi connectivity index (χ0n) is 25.6. The largest absolute Gasteiger partial charge is 0.416 e. The summed E-state index contributed by atoms with van der Waals surface area (Å²) in [5.41, 5.74) is -0.479. The van der Waals surface area contributed by atoms with Crippen LogP contribution >= 0.6 is 0 Å². The summed E-state index contributed by atoms with van der Waals surface area (Å²) in [5, 5.41) is 0. The Morgan fingerprint density at radius 1 is 1.20 bits per heavy atom.